The summed E-state index contributed by atoms with van der Waals surface area (Å²) in [5, 5.41) is 8.03. The average Bonchev–Trinajstić information content (AvgIpc) is 2.87. The van der Waals surface area contributed by atoms with Crippen molar-refractivity contribution < 1.29 is 18.7 Å². The first-order chi connectivity index (χ1) is 11.9. The molecule has 1 atom stereocenters. The number of rotatable bonds is 3. The largest absolute Gasteiger partial charge is 0.460 e. The molecular weight excluding hydrogens is 372 g/mol. The monoisotopic (exact) mass is 389 g/mol. The number of piperidine rings is 1. The van der Waals surface area contributed by atoms with Crippen LogP contribution < -0.4 is 16.0 Å². The van der Waals surface area contributed by atoms with Crippen molar-refractivity contribution in [3.05, 3.63) is 28.0 Å². The van der Waals surface area contributed by atoms with Crippen LogP contribution in [0.4, 0.5) is 14.9 Å². The highest BCUT2D eigenvalue weighted by molar-refractivity contribution is 6.35. The summed E-state index contributed by atoms with van der Waals surface area (Å²) in [6.07, 6.45) is 1.75. The molecule has 2 saturated heterocycles. The predicted octanol–water partition coefficient (Wildman–Crippen LogP) is 2.94. The van der Waals surface area contributed by atoms with Gasteiger partial charge in [0.1, 0.15) is 6.10 Å². The second-order valence-corrected chi connectivity index (χ2v) is 7.17. The maximum Gasteiger partial charge on any atom is 0.319 e. The van der Waals surface area contributed by atoms with E-state index in [4.69, 9.17) is 27.9 Å². The Morgan fingerprint density at radius 3 is 2.60 bits per heavy atom. The van der Waals surface area contributed by atoms with Gasteiger partial charge in [-0.15, -0.1) is 0 Å². The molecule has 2 aliphatic heterocycles. The van der Waals surface area contributed by atoms with Gasteiger partial charge in [-0.05, 0) is 38.1 Å². The van der Waals surface area contributed by atoms with Crippen molar-refractivity contribution in [2.24, 2.45) is 5.41 Å². The van der Waals surface area contributed by atoms with E-state index in [2.05, 4.69) is 16.0 Å². The number of carbonyl (C=O) groups is 2. The van der Waals surface area contributed by atoms with E-state index in [0.717, 1.165) is 25.9 Å². The molecule has 1 spiro atoms. The van der Waals surface area contributed by atoms with E-state index in [1.807, 2.05) is 0 Å². The number of hydrogen-bond donors (Lipinski definition) is 3. The van der Waals surface area contributed by atoms with Crippen molar-refractivity contribution in [3.8, 4) is 0 Å². The molecule has 9 heteroatoms. The average molecular weight is 390 g/mol. The van der Waals surface area contributed by atoms with E-state index in [9.17, 15) is 14.0 Å². The molecule has 2 fully saturated rings. The minimum atomic E-state index is -0.737. The topological polar surface area (TPSA) is 79.5 Å². The van der Waals surface area contributed by atoms with Gasteiger partial charge in [0.05, 0.1) is 22.0 Å². The lowest BCUT2D eigenvalue weighted by Gasteiger charge is -2.29. The van der Waals surface area contributed by atoms with Gasteiger partial charge >= 0.3 is 12.0 Å². The van der Waals surface area contributed by atoms with Crippen molar-refractivity contribution in [2.45, 2.75) is 25.4 Å². The van der Waals surface area contributed by atoms with Crippen LogP contribution in [0.1, 0.15) is 19.3 Å². The highest BCUT2D eigenvalue weighted by atomic mass is 35.5. The molecule has 2 amide bonds. The molecule has 3 N–H and O–H groups in total. The Labute approximate surface area is 154 Å². The highest BCUT2D eigenvalue weighted by Crippen LogP contribution is 2.41. The molecule has 0 saturated carbocycles. The van der Waals surface area contributed by atoms with Crippen LogP contribution >= 0.6 is 23.2 Å². The molecule has 136 valence electrons. The Hall–Kier alpha value is -1.57. The minimum absolute atomic E-state index is 0.180. The summed E-state index contributed by atoms with van der Waals surface area (Å²) in [6.45, 7) is 1.79. The summed E-state index contributed by atoms with van der Waals surface area (Å²) in [5.41, 5.74) is -0.154. The third-order valence-electron chi connectivity index (χ3n) is 4.62. The second kappa shape index (κ2) is 7.35. The van der Waals surface area contributed by atoms with E-state index in [1.165, 1.54) is 12.1 Å². The molecule has 0 bridgehead atoms. The molecular formula is C16H18Cl2FN3O3. The molecule has 2 heterocycles. The Morgan fingerprint density at radius 2 is 1.96 bits per heavy atom. The molecule has 0 aliphatic carbocycles. The molecule has 1 aromatic carbocycles. The molecule has 2 aliphatic rings. The first-order valence-corrected chi connectivity index (χ1v) is 8.76. The predicted molar refractivity (Wildman–Crippen MR) is 92.5 cm³/mol. The van der Waals surface area contributed by atoms with E-state index >= 15 is 0 Å². The standard InChI is InChI=1S/C16H18Cl2FN3O3/c17-11-5-9(6-12(18)13(11)19)22-15(24)21-8-10-7-16(14(23)25-10)1-3-20-4-2-16/h5-6,10,20H,1-4,7-8H2,(H2,21,22,24). The van der Waals surface area contributed by atoms with E-state index in [0.29, 0.717) is 6.42 Å². The van der Waals surface area contributed by atoms with Crippen molar-refractivity contribution in [1.29, 1.82) is 0 Å². The van der Waals surface area contributed by atoms with Crippen molar-refractivity contribution >= 4 is 40.9 Å². The lowest BCUT2D eigenvalue weighted by atomic mass is 9.76. The van der Waals surface area contributed by atoms with Crippen molar-refractivity contribution in [2.75, 3.05) is 25.0 Å². The maximum absolute atomic E-state index is 13.4. The van der Waals surface area contributed by atoms with Crippen LogP contribution in [0.15, 0.2) is 12.1 Å². The lowest BCUT2D eigenvalue weighted by Crippen LogP contribution is -2.40. The van der Waals surface area contributed by atoms with Crippen LogP contribution in [-0.4, -0.2) is 37.7 Å². The summed E-state index contributed by atoms with van der Waals surface area (Å²) in [6, 6.07) is 2.02. The Bertz CT molecular complexity index is 672. The number of urea groups is 1. The Morgan fingerprint density at radius 1 is 1.32 bits per heavy atom. The number of anilines is 1. The smallest absolute Gasteiger partial charge is 0.319 e. The lowest BCUT2D eigenvalue weighted by molar-refractivity contribution is -0.149. The number of ether oxygens (including phenoxy) is 1. The van der Waals surface area contributed by atoms with Crippen LogP contribution in [0.2, 0.25) is 10.0 Å². The first-order valence-electron chi connectivity index (χ1n) is 8.01. The number of cyclic esters (lactones) is 1. The van der Waals surface area contributed by atoms with Gasteiger partial charge in [0.2, 0.25) is 0 Å². The zero-order valence-corrected chi connectivity index (χ0v) is 14.8. The fourth-order valence-electron chi connectivity index (χ4n) is 3.27. The third kappa shape index (κ3) is 3.99. The molecule has 0 aromatic heterocycles. The van der Waals surface area contributed by atoms with Crippen LogP contribution in [0, 0.1) is 11.2 Å². The summed E-state index contributed by atoms with van der Waals surface area (Å²) >= 11 is 11.4. The molecule has 1 unspecified atom stereocenters. The number of esters is 1. The van der Waals surface area contributed by atoms with Gasteiger partial charge in [-0.25, -0.2) is 9.18 Å². The van der Waals surface area contributed by atoms with Crippen LogP contribution in [0.3, 0.4) is 0 Å². The molecule has 6 nitrogen and oxygen atoms in total. The second-order valence-electron chi connectivity index (χ2n) is 6.35. The number of halogens is 3. The molecule has 3 rings (SSSR count). The van der Waals surface area contributed by atoms with E-state index in [-0.39, 0.29) is 34.4 Å². The van der Waals surface area contributed by atoms with Crippen LogP contribution in [-0.2, 0) is 9.53 Å². The van der Waals surface area contributed by atoms with Crippen molar-refractivity contribution in [1.82, 2.24) is 10.6 Å². The minimum Gasteiger partial charge on any atom is -0.460 e. The highest BCUT2D eigenvalue weighted by Gasteiger charge is 2.49. The van der Waals surface area contributed by atoms with Gasteiger partial charge < -0.3 is 20.7 Å². The fourth-order valence-corrected chi connectivity index (χ4v) is 3.76. The summed E-state index contributed by atoms with van der Waals surface area (Å²) < 4.78 is 18.8. The Balaban J connectivity index is 1.52. The van der Waals surface area contributed by atoms with Crippen LogP contribution in [0.5, 0.6) is 0 Å². The van der Waals surface area contributed by atoms with Gasteiger partial charge in [0.15, 0.2) is 5.82 Å². The number of benzene rings is 1. The zero-order chi connectivity index (χ0) is 18.0. The third-order valence-corrected chi connectivity index (χ3v) is 5.17. The number of hydrogen-bond acceptors (Lipinski definition) is 4. The first kappa shape index (κ1) is 18.2. The van der Waals surface area contributed by atoms with Crippen LogP contribution in [0.25, 0.3) is 0 Å². The quantitative estimate of drug-likeness (QED) is 0.548. The molecule has 0 radical (unpaired) electrons. The fraction of sp³-hybridized carbons (Fsp3) is 0.500. The Kier molecular flexibility index (Phi) is 5.36. The molecule has 25 heavy (non-hydrogen) atoms. The van der Waals surface area contributed by atoms with E-state index in [1.54, 1.807) is 0 Å². The van der Waals surface area contributed by atoms with Gasteiger partial charge in [-0.3, -0.25) is 4.79 Å². The van der Waals surface area contributed by atoms with Gasteiger partial charge in [-0.1, -0.05) is 23.2 Å². The van der Waals surface area contributed by atoms with E-state index < -0.39 is 17.3 Å². The number of carbonyl (C=O) groups excluding carboxylic acids is 2. The van der Waals surface area contributed by atoms with Gasteiger partial charge in [0, 0.05) is 12.1 Å². The number of nitrogens with one attached hydrogen (secondary N) is 3. The summed E-state index contributed by atoms with van der Waals surface area (Å²) in [5.74, 6) is -0.919. The van der Waals surface area contributed by atoms with Crippen molar-refractivity contribution in [3.63, 3.8) is 0 Å². The molecule has 1 aromatic rings. The number of amides is 2. The zero-order valence-electron chi connectivity index (χ0n) is 13.3. The summed E-state index contributed by atoms with van der Waals surface area (Å²) in [4.78, 5) is 24.1. The van der Waals surface area contributed by atoms with Gasteiger partial charge in [-0.2, -0.15) is 0 Å². The maximum atomic E-state index is 13.4. The van der Waals surface area contributed by atoms with Gasteiger partial charge in [0.25, 0.3) is 0 Å². The SMILES string of the molecule is O=C(NCC1CC2(CCNCC2)C(=O)O1)Nc1cc(Cl)c(F)c(Cl)c1. The summed E-state index contributed by atoms with van der Waals surface area (Å²) in [7, 11) is 0. The normalized spacial score (nSPS) is 21.9.